The zero-order valence-corrected chi connectivity index (χ0v) is 9.46. The van der Waals surface area contributed by atoms with E-state index >= 15 is 0 Å². The Morgan fingerprint density at radius 3 is 2.67 bits per heavy atom. The van der Waals surface area contributed by atoms with Crippen molar-refractivity contribution in [2.45, 2.75) is 6.42 Å². The Morgan fingerprint density at radius 2 is 1.94 bits per heavy atom. The molecular weight excluding hydrogens is 232 g/mol. The summed E-state index contributed by atoms with van der Waals surface area (Å²) in [6.07, 6.45) is -0.0712. The number of Topliss-reactive ketones (excluding diaryl/α,β-unsaturated/α-hetero) is 1. The molecule has 1 aromatic heterocycles. The van der Waals surface area contributed by atoms with Crippen LogP contribution in [0.3, 0.4) is 0 Å². The van der Waals surface area contributed by atoms with Gasteiger partial charge in [0.05, 0.1) is 18.5 Å². The van der Waals surface area contributed by atoms with Gasteiger partial charge in [-0.1, -0.05) is 12.1 Å². The summed E-state index contributed by atoms with van der Waals surface area (Å²) in [7, 11) is 0. The largest absolute Gasteiger partial charge is 0.368 e. The van der Waals surface area contributed by atoms with E-state index in [0.29, 0.717) is 11.3 Å². The van der Waals surface area contributed by atoms with Crippen LogP contribution in [0.1, 0.15) is 6.42 Å². The number of amides is 1. The number of anilines is 2. The highest BCUT2D eigenvalue weighted by Gasteiger charge is 2.30. The van der Waals surface area contributed by atoms with E-state index in [4.69, 9.17) is 5.73 Å². The maximum Gasteiger partial charge on any atom is 0.236 e. The number of fused-ring (bicyclic) bond motifs is 1. The molecule has 6 nitrogen and oxygen atoms in total. The first-order chi connectivity index (χ1) is 8.65. The maximum absolute atomic E-state index is 11.7. The third kappa shape index (κ3) is 1.58. The molecule has 0 unspecified atom stereocenters. The van der Waals surface area contributed by atoms with Crippen LogP contribution in [0.2, 0.25) is 0 Å². The molecule has 90 valence electrons. The standard InChI is InChI=1S/C12H10N4O2/c13-12-14-9-4-2-1-3-8(9)11(15-12)16-6-7(17)5-10(16)18/h1-4H,5-6H2,(H2,13,14,15). The normalized spacial score (nSPS) is 15.7. The highest BCUT2D eigenvalue weighted by atomic mass is 16.2. The summed E-state index contributed by atoms with van der Waals surface area (Å²) in [6, 6.07) is 7.25. The molecule has 0 radical (unpaired) electrons. The number of aromatic nitrogens is 2. The van der Waals surface area contributed by atoms with E-state index in [-0.39, 0.29) is 30.6 Å². The van der Waals surface area contributed by atoms with Crippen LogP contribution in [0, 0.1) is 0 Å². The van der Waals surface area contributed by atoms with Gasteiger partial charge >= 0.3 is 0 Å². The van der Waals surface area contributed by atoms with Gasteiger partial charge in [0.2, 0.25) is 11.9 Å². The van der Waals surface area contributed by atoms with Gasteiger partial charge in [0.15, 0.2) is 5.78 Å². The average molecular weight is 242 g/mol. The first-order valence-corrected chi connectivity index (χ1v) is 5.49. The Kier molecular flexibility index (Phi) is 2.22. The molecule has 0 aliphatic carbocycles. The minimum Gasteiger partial charge on any atom is -0.368 e. The molecule has 1 aliphatic heterocycles. The number of hydrogen-bond donors (Lipinski definition) is 1. The number of benzene rings is 1. The second kappa shape index (κ2) is 3.76. The van der Waals surface area contributed by atoms with E-state index in [9.17, 15) is 9.59 Å². The number of carbonyl (C=O) groups excluding carboxylic acids is 2. The number of hydrogen-bond acceptors (Lipinski definition) is 5. The van der Waals surface area contributed by atoms with E-state index in [0.717, 1.165) is 5.39 Å². The molecule has 1 amide bonds. The van der Waals surface area contributed by atoms with Crippen molar-refractivity contribution in [3.63, 3.8) is 0 Å². The van der Waals surface area contributed by atoms with Crippen molar-refractivity contribution < 1.29 is 9.59 Å². The molecule has 2 N–H and O–H groups in total. The van der Waals surface area contributed by atoms with Crippen LogP contribution in [0.5, 0.6) is 0 Å². The molecule has 0 spiro atoms. The fraction of sp³-hybridized carbons (Fsp3) is 0.167. The van der Waals surface area contributed by atoms with Gasteiger partial charge in [-0.3, -0.25) is 14.5 Å². The molecule has 2 aromatic rings. The van der Waals surface area contributed by atoms with Gasteiger partial charge in [-0.25, -0.2) is 4.98 Å². The highest BCUT2D eigenvalue weighted by molar-refractivity contribution is 6.16. The number of para-hydroxylation sites is 1. The summed E-state index contributed by atoms with van der Waals surface area (Å²) in [5.74, 6) is 0.148. The first-order valence-electron chi connectivity index (χ1n) is 5.49. The van der Waals surface area contributed by atoms with Crippen molar-refractivity contribution in [3.05, 3.63) is 24.3 Å². The van der Waals surface area contributed by atoms with Gasteiger partial charge in [0, 0.05) is 5.39 Å². The van der Waals surface area contributed by atoms with Gasteiger partial charge in [0.25, 0.3) is 0 Å². The minimum absolute atomic E-state index is 0.0548. The third-order valence-electron chi connectivity index (χ3n) is 2.84. The van der Waals surface area contributed by atoms with Crippen LogP contribution in [0.25, 0.3) is 10.9 Å². The van der Waals surface area contributed by atoms with E-state index < -0.39 is 0 Å². The molecule has 0 saturated carbocycles. The van der Waals surface area contributed by atoms with Gasteiger partial charge < -0.3 is 5.73 Å². The molecule has 2 heterocycles. The summed E-state index contributed by atoms with van der Waals surface area (Å²) in [4.78, 5) is 32.6. The molecule has 1 aromatic carbocycles. The van der Waals surface area contributed by atoms with Crippen LogP contribution < -0.4 is 10.6 Å². The lowest BCUT2D eigenvalue weighted by molar-refractivity contribution is -0.121. The van der Waals surface area contributed by atoms with Crippen molar-refractivity contribution in [3.8, 4) is 0 Å². The maximum atomic E-state index is 11.7. The second-order valence-electron chi connectivity index (χ2n) is 4.12. The van der Waals surface area contributed by atoms with Gasteiger partial charge in [0.1, 0.15) is 5.82 Å². The molecule has 0 bridgehead atoms. The van der Waals surface area contributed by atoms with Crippen molar-refractivity contribution >= 4 is 34.4 Å². The Morgan fingerprint density at radius 1 is 1.17 bits per heavy atom. The smallest absolute Gasteiger partial charge is 0.236 e. The molecule has 1 fully saturated rings. The number of rotatable bonds is 1. The molecule has 6 heteroatoms. The topological polar surface area (TPSA) is 89.2 Å². The fourth-order valence-electron chi connectivity index (χ4n) is 2.06. The van der Waals surface area contributed by atoms with E-state index in [1.165, 1.54) is 4.90 Å². The number of carbonyl (C=O) groups is 2. The SMILES string of the molecule is Nc1nc(N2CC(=O)CC2=O)c2ccccc2n1. The third-order valence-corrected chi connectivity index (χ3v) is 2.84. The Hall–Kier alpha value is -2.50. The van der Waals surface area contributed by atoms with Gasteiger partial charge in [-0.15, -0.1) is 0 Å². The Labute approximate surface area is 102 Å². The fourth-order valence-corrected chi connectivity index (χ4v) is 2.06. The average Bonchev–Trinajstić information content (AvgIpc) is 2.67. The van der Waals surface area contributed by atoms with E-state index in [2.05, 4.69) is 9.97 Å². The molecule has 1 saturated heterocycles. The zero-order valence-electron chi connectivity index (χ0n) is 9.46. The lowest BCUT2D eigenvalue weighted by atomic mass is 10.2. The molecule has 3 rings (SSSR count). The number of nitrogens with zero attached hydrogens (tertiary/aromatic N) is 3. The van der Waals surface area contributed by atoms with Gasteiger partial charge in [-0.2, -0.15) is 4.98 Å². The predicted octanol–water partition coefficient (Wildman–Crippen LogP) is 0.518. The van der Waals surface area contributed by atoms with Crippen LogP contribution in [0.4, 0.5) is 11.8 Å². The lowest BCUT2D eigenvalue weighted by Crippen LogP contribution is -2.26. The molecule has 1 aliphatic rings. The van der Waals surface area contributed by atoms with Gasteiger partial charge in [-0.05, 0) is 12.1 Å². The summed E-state index contributed by atoms with van der Waals surface area (Å²) < 4.78 is 0. The monoisotopic (exact) mass is 242 g/mol. The number of ketones is 1. The summed E-state index contributed by atoms with van der Waals surface area (Å²) in [6.45, 7) is 0.0548. The van der Waals surface area contributed by atoms with Crippen LogP contribution in [-0.2, 0) is 9.59 Å². The summed E-state index contributed by atoms with van der Waals surface area (Å²) in [5, 5.41) is 0.717. The van der Waals surface area contributed by atoms with E-state index in [1.54, 1.807) is 12.1 Å². The van der Waals surface area contributed by atoms with Crippen molar-refractivity contribution in [1.29, 1.82) is 0 Å². The van der Waals surface area contributed by atoms with Crippen molar-refractivity contribution in [2.24, 2.45) is 0 Å². The minimum atomic E-state index is -0.247. The number of nitrogen functional groups attached to an aromatic ring is 1. The summed E-state index contributed by atoms with van der Waals surface area (Å²) in [5.41, 5.74) is 6.29. The quantitative estimate of drug-likeness (QED) is 0.736. The predicted molar refractivity (Wildman–Crippen MR) is 65.9 cm³/mol. The lowest BCUT2D eigenvalue weighted by Gasteiger charge is -2.15. The van der Waals surface area contributed by atoms with Crippen LogP contribution in [0.15, 0.2) is 24.3 Å². The molecular formula is C12H10N4O2. The highest BCUT2D eigenvalue weighted by Crippen LogP contribution is 2.26. The Balaban J connectivity index is 2.22. The van der Waals surface area contributed by atoms with Crippen LogP contribution >= 0.6 is 0 Å². The first kappa shape index (κ1) is 10.6. The van der Waals surface area contributed by atoms with E-state index in [1.807, 2.05) is 12.1 Å². The van der Waals surface area contributed by atoms with Crippen LogP contribution in [-0.4, -0.2) is 28.2 Å². The van der Waals surface area contributed by atoms with Crippen molar-refractivity contribution in [1.82, 2.24) is 9.97 Å². The summed E-state index contributed by atoms with van der Waals surface area (Å²) >= 11 is 0. The Bertz CT molecular complexity index is 668. The van der Waals surface area contributed by atoms with Crippen molar-refractivity contribution in [2.75, 3.05) is 17.2 Å². The number of nitrogens with two attached hydrogens (primary N) is 1. The second-order valence-corrected chi connectivity index (χ2v) is 4.12. The zero-order chi connectivity index (χ0) is 12.7. The molecule has 0 atom stereocenters. The molecule has 18 heavy (non-hydrogen) atoms.